The Bertz CT molecular complexity index is 705. The Kier molecular flexibility index (Phi) is 4.12. The molecule has 1 saturated heterocycles. The van der Waals surface area contributed by atoms with Crippen molar-refractivity contribution in [1.82, 2.24) is 29.3 Å². The molecule has 0 bridgehead atoms. The fourth-order valence-corrected chi connectivity index (χ4v) is 3.02. The average Bonchev–Trinajstić information content (AvgIpc) is 2.92. The predicted octanol–water partition coefficient (Wildman–Crippen LogP) is 0.956. The van der Waals surface area contributed by atoms with Gasteiger partial charge in [-0.2, -0.15) is 0 Å². The summed E-state index contributed by atoms with van der Waals surface area (Å²) >= 11 is 0. The van der Waals surface area contributed by atoms with Crippen LogP contribution in [0.2, 0.25) is 0 Å². The van der Waals surface area contributed by atoms with Gasteiger partial charge in [-0.3, -0.25) is 9.69 Å². The maximum atomic E-state index is 12.8. The highest BCUT2D eigenvalue weighted by atomic mass is 16.2. The maximum absolute atomic E-state index is 12.8. The largest absolute Gasteiger partial charge is 0.337 e. The summed E-state index contributed by atoms with van der Waals surface area (Å²) in [6.45, 7) is 5.81. The monoisotopic (exact) mass is 314 g/mol. The van der Waals surface area contributed by atoms with Crippen molar-refractivity contribution < 1.29 is 4.79 Å². The summed E-state index contributed by atoms with van der Waals surface area (Å²) in [5.74, 6) is 1.56. The molecule has 1 fully saturated rings. The quantitative estimate of drug-likeness (QED) is 0.826. The Hall–Kier alpha value is -2.28. The minimum Gasteiger partial charge on any atom is -0.337 e. The lowest BCUT2D eigenvalue weighted by atomic mass is 10.1. The van der Waals surface area contributed by atoms with Gasteiger partial charge in [0, 0.05) is 44.8 Å². The number of imidazole rings is 1. The third-order valence-corrected chi connectivity index (χ3v) is 4.28. The molecule has 0 unspecified atom stereocenters. The highest BCUT2D eigenvalue weighted by Crippen LogP contribution is 2.23. The summed E-state index contributed by atoms with van der Waals surface area (Å²) in [4.78, 5) is 29.9. The number of carbonyl (C=O) groups excluding carboxylic acids is 1. The zero-order valence-electron chi connectivity index (χ0n) is 14.0. The second-order valence-corrected chi connectivity index (χ2v) is 6.09. The minimum atomic E-state index is -0.0362. The zero-order valence-corrected chi connectivity index (χ0v) is 14.0. The van der Waals surface area contributed by atoms with E-state index in [0.717, 1.165) is 18.1 Å². The molecule has 0 spiro atoms. The molecule has 1 atom stereocenters. The predicted molar refractivity (Wildman–Crippen MR) is 86.0 cm³/mol. The van der Waals surface area contributed by atoms with Gasteiger partial charge in [-0.1, -0.05) is 0 Å². The summed E-state index contributed by atoms with van der Waals surface area (Å²) in [5, 5.41) is 0. The van der Waals surface area contributed by atoms with Crippen molar-refractivity contribution in [2.45, 2.75) is 19.9 Å². The van der Waals surface area contributed by atoms with E-state index in [1.807, 2.05) is 36.6 Å². The topological polar surface area (TPSA) is 67.2 Å². The molecular weight excluding hydrogens is 292 g/mol. The summed E-state index contributed by atoms with van der Waals surface area (Å²) in [5.41, 5.74) is 1.29. The molecular formula is C16H22N6O. The van der Waals surface area contributed by atoms with Crippen molar-refractivity contribution in [3.05, 3.63) is 41.5 Å². The smallest absolute Gasteiger partial charge is 0.272 e. The van der Waals surface area contributed by atoms with Crippen molar-refractivity contribution >= 4 is 5.91 Å². The van der Waals surface area contributed by atoms with Gasteiger partial charge in [0.05, 0.1) is 6.04 Å². The van der Waals surface area contributed by atoms with Crippen LogP contribution in [0, 0.1) is 13.8 Å². The van der Waals surface area contributed by atoms with Gasteiger partial charge < -0.3 is 9.47 Å². The first-order chi connectivity index (χ1) is 11.0. The number of amides is 1. The van der Waals surface area contributed by atoms with E-state index >= 15 is 0 Å². The lowest BCUT2D eigenvalue weighted by Gasteiger charge is -2.38. The van der Waals surface area contributed by atoms with Crippen LogP contribution in [-0.4, -0.2) is 61.9 Å². The van der Waals surface area contributed by atoms with Crippen LogP contribution < -0.4 is 0 Å². The summed E-state index contributed by atoms with van der Waals surface area (Å²) in [7, 11) is 4.05. The van der Waals surface area contributed by atoms with E-state index in [1.54, 1.807) is 12.3 Å². The first kappa shape index (κ1) is 15.6. The van der Waals surface area contributed by atoms with Gasteiger partial charge in [-0.15, -0.1) is 0 Å². The molecule has 0 aliphatic carbocycles. The van der Waals surface area contributed by atoms with Gasteiger partial charge in [-0.25, -0.2) is 15.0 Å². The van der Waals surface area contributed by atoms with Gasteiger partial charge in [0.1, 0.15) is 17.3 Å². The van der Waals surface area contributed by atoms with Gasteiger partial charge in [0.15, 0.2) is 0 Å². The van der Waals surface area contributed by atoms with Gasteiger partial charge in [0.25, 0.3) is 5.91 Å². The van der Waals surface area contributed by atoms with E-state index in [9.17, 15) is 4.79 Å². The molecule has 23 heavy (non-hydrogen) atoms. The molecule has 1 aliphatic rings. The van der Waals surface area contributed by atoms with E-state index in [4.69, 9.17) is 0 Å². The number of nitrogens with zero attached hydrogens (tertiary/aromatic N) is 6. The number of aryl methyl sites for hydroxylation is 3. The molecule has 1 amide bonds. The number of rotatable bonds is 2. The van der Waals surface area contributed by atoms with Gasteiger partial charge >= 0.3 is 0 Å². The third-order valence-electron chi connectivity index (χ3n) is 4.28. The van der Waals surface area contributed by atoms with Crippen LogP contribution in [0.1, 0.15) is 33.9 Å². The van der Waals surface area contributed by atoms with E-state index in [2.05, 4.69) is 26.9 Å². The van der Waals surface area contributed by atoms with Crippen LogP contribution in [0.4, 0.5) is 0 Å². The summed E-state index contributed by atoms with van der Waals surface area (Å²) in [6, 6.07) is 1.85. The molecule has 2 aromatic heterocycles. The van der Waals surface area contributed by atoms with Gasteiger partial charge in [-0.05, 0) is 27.0 Å². The molecule has 0 saturated carbocycles. The van der Waals surface area contributed by atoms with E-state index in [0.29, 0.717) is 24.6 Å². The van der Waals surface area contributed by atoms with Crippen molar-refractivity contribution in [3.63, 3.8) is 0 Å². The summed E-state index contributed by atoms with van der Waals surface area (Å²) in [6.07, 6.45) is 3.72. The van der Waals surface area contributed by atoms with Crippen molar-refractivity contribution in [3.8, 4) is 0 Å². The fourth-order valence-electron chi connectivity index (χ4n) is 3.02. The van der Waals surface area contributed by atoms with Crippen LogP contribution in [0.5, 0.6) is 0 Å². The van der Waals surface area contributed by atoms with E-state index < -0.39 is 0 Å². The van der Waals surface area contributed by atoms with Crippen LogP contribution in [-0.2, 0) is 7.05 Å². The molecule has 3 rings (SSSR count). The molecule has 1 aliphatic heterocycles. The first-order valence-corrected chi connectivity index (χ1v) is 7.74. The molecule has 2 aromatic rings. The van der Waals surface area contributed by atoms with Crippen LogP contribution >= 0.6 is 0 Å². The molecule has 0 radical (unpaired) electrons. The number of aromatic nitrogens is 4. The number of likely N-dealkylation sites (N-methyl/N-ethyl adjacent to an activating group) is 1. The van der Waals surface area contributed by atoms with Crippen molar-refractivity contribution in [2.75, 3.05) is 26.7 Å². The Morgan fingerprint density at radius 1 is 1.22 bits per heavy atom. The Balaban J connectivity index is 1.83. The lowest BCUT2D eigenvalue weighted by Crippen LogP contribution is -2.49. The molecule has 7 nitrogen and oxygen atoms in total. The van der Waals surface area contributed by atoms with Crippen molar-refractivity contribution in [2.24, 2.45) is 7.05 Å². The Labute approximate surface area is 136 Å². The normalized spacial score (nSPS) is 19.1. The molecule has 0 N–H and O–H groups in total. The van der Waals surface area contributed by atoms with Crippen molar-refractivity contribution in [1.29, 1.82) is 0 Å². The fraction of sp³-hybridized carbons (Fsp3) is 0.500. The second kappa shape index (κ2) is 6.08. The van der Waals surface area contributed by atoms with Crippen LogP contribution in [0.3, 0.4) is 0 Å². The Morgan fingerprint density at radius 3 is 2.65 bits per heavy atom. The number of hydrogen-bond donors (Lipinski definition) is 0. The standard InChI is InChI=1S/C16H22N6O/c1-11-9-13(19-12(2)18-11)16(23)22-8-7-20(3)14(10-22)15-17-5-6-21(15)4/h5-6,9,14H,7-8,10H2,1-4H3/t14-/m0/s1. The first-order valence-electron chi connectivity index (χ1n) is 7.74. The maximum Gasteiger partial charge on any atom is 0.272 e. The van der Waals surface area contributed by atoms with E-state index in [1.165, 1.54) is 0 Å². The minimum absolute atomic E-state index is 0.0362. The van der Waals surface area contributed by atoms with Gasteiger partial charge in [0.2, 0.25) is 0 Å². The van der Waals surface area contributed by atoms with E-state index in [-0.39, 0.29) is 11.9 Å². The number of hydrogen-bond acceptors (Lipinski definition) is 5. The summed E-state index contributed by atoms with van der Waals surface area (Å²) < 4.78 is 2.01. The SMILES string of the molecule is Cc1cc(C(=O)N2CCN(C)[C@H](c3nccn3C)C2)nc(C)n1. The highest BCUT2D eigenvalue weighted by molar-refractivity contribution is 5.92. The molecule has 0 aromatic carbocycles. The van der Waals surface area contributed by atoms with Crippen LogP contribution in [0.15, 0.2) is 18.5 Å². The van der Waals surface area contributed by atoms with Crippen LogP contribution in [0.25, 0.3) is 0 Å². The number of carbonyl (C=O) groups is 1. The molecule has 7 heteroatoms. The average molecular weight is 314 g/mol. The third kappa shape index (κ3) is 3.10. The lowest BCUT2D eigenvalue weighted by molar-refractivity contribution is 0.0523. The molecule has 3 heterocycles. The highest BCUT2D eigenvalue weighted by Gasteiger charge is 2.31. The Morgan fingerprint density at radius 2 is 2.00 bits per heavy atom. The number of piperazine rings is 1. The molecule has 122 valence electrons. The second-order valence-electron chi connectivity index (χ2n) is 6.09. The zero-order chi connectivity index (χ0) is 16.6.